The Morgan fingerprint density at radius 1 is 1.14 bits per heavy atom. The van der Waals surface area contributed by atoms with Crippen LogP contribution >= 0.6 is 0 Å². The average molecular weight is 596 g/mol. The van der Waals surface area contributed by atoms with Gasteiger partial charge in [0.15, 0.2) is 11.5 Å². The van der Waals surface area contributed by atoms with Crippen molar-refractivity contribution in [3.05, 3.63) is 58.6 Å². The summed E-state index contributed by atoms with van der Waals surface area (Å²) >= 11 is 0. The molecule has 4 heterocycles. The van der Waals surface area contributed by atoms with Crippen molar-refractivity contribution in [2.75, 3.05) is 22.9 Å². The number of rotatable bonds is 6. The summed E-state index contributed by atoms with van der Waals surface area (Å²) < 4.78 is 64.8. The number of carbonyl (C=O) groups excluding carboxylic acids is 1. The third-order valence-corrected chi connectivity index (χ3v) is 7.56. The van der Waals surface area contributed by atoms with Crippen LogP contribution < -0.4 is 24.8 Å². The Bertz CT molecular complexity index is 1900. The topological polar surface area (TPSA) is 129 Å². The molecule has 15 heteroatoms. The number of fused-ring (bicyclic) bond motifs is 2. The maximum absolute atomic E-state index is 13.8. The molecule has 0 radical (unpaired) electrons. The fourth-order valence-corrected chi connectivity index (χ4v) is 5.45. The van der Waals surface area contributed by atoms with E-state index in [0.717, 1.165) is 4.68 Å². The van der Waals surface area contributed by atoms with Crippen LogP contribution in [0.4, 0.5) is 28.9 Å². The fourth-order valence-electron chi connectivity index (χ4n) is 5.45. The largest absolute Gasteiger partial charge is 0.586 e. The molecule has 4 aromatic rings. The van der Waals surface area contributed by atoms with Crippen molar-refractivity contribution in [3.8, 4) is 28.8 Å². The molecule has 2 fully saturated rings. The van der Waals surface area contributed by atoms with Crippen molar-refractivity contribution in [1.82, 2.24) is 19.7 Å². The van der Waals surface area contributed by atoms with Crippen molar-refractivity contribution in [3.63, 3.8) is 0 Å². The number of nitrogens with one attached hydrogen (secondary N) is 1. The zero-order chi connectivity index (χ0) is 30.1. The summed E-state index contributed by atoms with van der Waals surface area (Å²) in [5.74, 6) is -3.75. The monoisotopic (exact) mass is 595 g/mol. The van der Waals surface area contributed by atoms with Crippen LogP contribution in [0.25, 0.3) is 22.3 Å². The third-order valence-electron chi connectivity index (χ3n) is 7.56. The summed E-state index contributed by atoms with van der Waals surface area (Å²) in [4.78, 5) is 36.8. The lowest BCUT2D eigenvalue weighted by atomic mass is 10.0. The van der Waals surface area contributed by atoms with Crippen LogP contribution in [0.1, 0.15) is 24.8 Å². The molecule has 2 aromatic heterocycles. The normalized spacial score (nSPS) is 18.2. The number of aromatic amines is 1. The number of nitriles is 1. The Morgan fingerprint density at radius 3 is 2.65 bits per heavy atom. The molecule has 1 aliphatic carbocycles. The first-order chi connectivity index (χ1) is 20.5. The van der Waals surface area contributed by atoms with E-state index in [2.05, 4.69) is 24.5 Å². The molecule has 220 valence electrons. The zero-order valence-corrected chi connectivity index (χ0v) is 22.2. The molecular weight excluding hydrogens is 574 g/mol. The number of hydrogen-bond acceptors (Lipinski definition) is 8. The molecule has 11 nitrogen and oxygen atoms in total. The quantitative estimate of drug-likeness (QED) is 0.331. The standard InChI is InChI=1S/C28H21F4N7O4/c29-27(30)7-8-37(13-27)19-5-1-15(9-16(19)11-33)23-24-25(35-14-34-24)26(41)38(36-23)12-22(40)39(17-2-3-17)18-4-6-20-21(10-18)43-28(31,32)42-20/h1,4-6,9-10,14,17H,2-3,7-8,12-13H2,(H,34,35). The first-order valence-electron chi connectivity index (χ1n) is 13.4. The summed E-state index contributed by atoms with van der Waals surface area (Å²) in [6.07, 6.45) is -1.48. The number of ether oxygens (including phenoxy) is 2. The van der Waals surface area contributed by atoms with Gasteiger partial charge in [-0.2, -0.15) is 10.4 Å². The van der Waals surface area contributed by atoms with Crippen LogP contribution in [0.3, 0.4) is 0 Å². The minimum absolute atomic E-state index is 0.0721. The molecule has 1 amide bonds. The van der Waals surface area contributed by atoms with Crippen LogP contribution in [-0.2, 0) is 11.3 Å². The highest BCUT2D eigenvalue weighted by Crippen LogP contribution is 2.44. The number of imidazole rings is 1. The fraction of sp³-hybridized carbons (Fsp3) is 0.321. The number of benzene rings is 2. The lowest BCUT2D eigenvalue weighted by Gasteiger charge is -2.23. The number of aromatic nitrogens is 4. The van der Waals surface area contributed by atoms with Gasteiger partial charge in [0.25, 0.3) is 11.5 Å². The van der Waals surface area contributed by atoms with Gasteiger partial charge >= 0.3 is 6.29 Å². The van der Waals surface area contributed by atoms with Gasteiger partial charge in [0, 0.05) is 36.3 Å². The molecule has 2 aliphatic heterocycles. The second kappa shape index (κ2) is 9.45. The highest BCUT2D eigenvalue weighted by molar-refractivity contribution is 5.95. The van der Waals surface area contributed by atoms with E-state index in [4.69, 9.17) is 0 Å². The van der Waals surface area contributed by atoms with E-state index in [1.54, 1.807) is 12.1 Å². The number of nitrogens with zero attached hydrogens (tertiary/aromatic N) is 6. The Hall–Kier alpha value is -5.13. The van der Waals surface area contributed by atoms with Gasteiger partial charge in [0.05, 0.1) is 24.1 Å². The van der Waals surface area contributed by atoms with E-state index >= 15 is 0 Å². The van der Waals surface area contributed by atoms with Crippen molar-refractivity contribution in [1.29, 1.82) is 5.26 Å². The van der Waals surface area contributed by atoms with Gasteiger partial charge in [0.2, 0.25) is 5.91 Å². The van der Waals surface area contributed by atoms with Crippen LogP contribution in [0, 0.1) is 11.3 Å². The lowest BCUT2D eigenvalue weighted by Crippen LogP contribution is -2.39. The molecule has 1 saturated carbocycles. The predicted octanol–water partition coefficient (Wildman–Crippen LogP) is 4.02. The number of anilines is 2. The van der Waals surface area contributed by atoms with Crippen molar-refractivity contribution < 1.29 is 31.8 Å². The molecule has 0 unspecified atom stereocenters. The van der Waals surface area contributed by atoms with Gasteiger partial charge in [-0.25, -0.2) is 18.4 Å². The molecule has 0 bridgehead atoms. The minimum Gasteiger partial charge on any atom is -0.395 e. The number of carbonyl (C=O) groups is 1. The van der Waals surface area contributed by atoms with E-state index in [1.165, 1.54) is 40.4 Å². The van der Waals surface area contributed by atoms with Crippen LogP contribution in [0.15, 0.2) is 47.5 Å². The molecular formula is C28H21F4N7O4. The second-order valence-electron chi connectivity index (χ2n) is 10.6. The summed E-state index contributed by atoms with van der Waals surface area (Å²) in [7, 11) is 0. The van der Waals surface area contributed by atoms with E-state index in [0.29, 0.717) is 29.8 Å². The Morgan fingerprint density at radius 2 is 1.93 bits per heavy atom. The molecule has 1 N–H and O–H groups in total. The summed E-state index contributed by atoms with van der Waals surface area (Å²) in [5.41, 5.74) is 1.03. The molecule has 1 saturated heterocycles. The summed E-state index contributed by atoms with van der Waals surface area (Å²) in [6, 6.07) is 10.5. The van der Waals surface area contributed by atoms with Crippen molar-refractivity contribution >= 4 is 28.3 Å². The van der Waals surface area contributed by atoms with Gasteiger partial charge < -0.3 is 24.3 Å². The first-order valence-corrected chi connectivity index (χ1v) is 13.4. The SMILES string of the molecule is N#Cc1cc(-c2nn(CC(=O)N(c3ccc4c(c3)OC(F)(F)O4)C3CC3)c(=O)c3[nH]cnc23)ccc1N1CCC(F)(F)C1. The number of H-pyrrole nitrogens is 1. The van der Waals surface area contributed by atoms with E-state index < -0.39 is 36.8 Å². The lowest BCUT2D eigenvalue weighted by molar-refractivity contribution is -0.286. The molecule has 3 aliphatic rings. The Labute approximate surface area is 239 Å². The molecule has 0 spiro atoms. The minimum atomic E-state index is -3.81. The van der Waals surface area contributed by atoms with E-state index in [9.17, 15) is 32.4 Å². The molecule has 2 aromatic carbocycles. The maximum Gasteiger partial charge on any atom is 0.586 e. The zero-order valence-electron chi connectivity index (χ0n) is 22.2. The molecule has 7 rings (SSSR count). The maximum atomic E-state index is 13.8. The van der Waals surface area contributed by atoms with E-state index in [1.807, 2.05) is 6.07 Å². The highest BCUT2D eigenvalue weighted by atomic mass is 19.3. The number of halogens is 4. The smallest absolute Gasteiger partial charge is 0.395 e. The van der Waals surface area contributed by atoms with Gasteiger partial charge in [-0.15, -0.1) is 8.78 Å². The predicted molar refractivity (Wildman–Crippen MR) is 143 cm³/mol. The van der Waals surface area contributed by atoms with Gasteiger partial charge in [-0.05, 0) is 37.1 Å². The van der Waals surface area contributed by atoms with Crippen LogP contribution in [0.2, 0.25) is 0 Å². The van der Waals surface area contributed by atoms with Crippen LogP contribution in [-0.4, -0.2) is 57.0 Å². The van der Waals surface area contributed by atoms with Crippen LogP contribution in [0.5, 0.6) is 11.5 Å². The number of alkyl halides is 4. The second-order valence-corrected chi connectivity index (χ2v) is 10.6. The summed E-state index contributed by atoms with van der Waals surface area (Å²) in [5, 5.41) is 14.2. The Kier molecular flexibility index (Phi) is 5.88. The average Bonchev–Trinajstić information content (AvgIpc) is 3.39. The number of amides is 1. The highest BCUT2D eigenvalue weighted by Gasteiger charge is 2.44. The van der Waals surface area contributed by atoms with Gasteiger partial charge in [-0.3, -0.25) is 9.59 Å². The number of hydrogen-bond donors (Lipinski definition) is 1. The van der Waals surface area contributed by atoms with Crippen molar-refractivity contribution in [2.45, 2.75) is 44.1 Å². The third kappa shape index (κ3) is 4.78. The summed E-state index contributed by atoms with van der Waals surface area (Å²) in [6.45, 7) is -0.897. The van der Waals surface area contributed by atoms with Crippen molar-refractivity contribution in [2.24, 2.45) is 0 Å². The van der Waals surface area contributed by atoms with Gasteiger partial charge in [0.1, 0.15) is 29.3 Å². The first kappa shape index (κ1) is 26.7. The Balaban J connectivity index is 1.23. The molecule has 43 heavy (non-hydrogen) atoms. The van der Waals surface area contributed by atoms with E-state index in [-0.39, 0.29) is 52.8 Å². The molecule has 0 atom stereocenters. The van der Waals surface area contributed by atoms with Gasteiger partial charge in [-0.1, -0.05) is 6.07 Å².